The third-order valence-electron chi connectivity index (χ3n) is 5.06. The Kier molecular flexibility index (Phi) is 7.97. The quantitative estimate of drug-likeness (QED) is 0.424. The Balaban J connectivity index is 2.06. The van der Waals surface area contributed by atoms with E-state index in [2.05, 4.69) is 5.32 Å². The van der Waals surface area contributed by atoms with Crippen LogP contribution in [0.4, 0.5) is 11.4 Å². The third kappa shape index (κ3) is 5.58. The molecule has 3 rings (SSSR count). The number of hydrogen-bond donors (Lipinski definition) is 1. The molecule has 3 aromatic carbocycles. The largest absolute Gasteiger partial charge is 0.495 e. The molecule has 0 heterocycles. The third-order valence-corrected chi connectivity index (χ3v) is 7.39. The van der Waals surface area contributed by atoms with Crippen LogP contribution < -0.4 is 19.1 Å². The Morgan fingerprint density at radius 1 is 0.941 bits per heavy atom. The summed E-state index contributed by atoms with van der Waals surface area (Å²) < 4.78 is 39.1. The van der Waals surface area contributed by atoms with E-state index in [1.165, 1.54) is 38.5 Å². The summed E-state index contributed by atoms with van der Waals surface area (Å²) >= 11 is 12.3. The van der Waals surface area contributed by atoms with Gasteiger partial charge >= 0.3 is 0 Å². The number of carbonyl (C=O) groups excluding carboxylic acids is 1. The van der Waals surface area contributed by atoms with Gasteiger partial charge in [-0.25, -0.2) is 8.42 Å². The Labute approximate surface area is 209 Å². The molecule has 34 heavy (non-hydrogen) atoms. The van der Waals surface area contributed by atoms with Crippen molar-refractivity contribution in [3.05, 3.63) is 75.8 Å². The maximum atomic E-state index is 13.8. The van der Waals surface area contributed by atoms with Crippen LogP contribution in [-0.2, 0) is 14.8 Å². The number of methoxy groups -OCH3 is 2. The molecule has 3 aromatic rings. The van der Waals surface area contributed by atoms with Gasteiger partial charge in [0.2, 0.25) is 5.91 Å². The summed E-state index contributed by atoms with van der Waals surface area (Å²) in [6, 6.07) is 14.3. The van der Waals surface area contributed by atoms with Crippen molar-refractivity contribution in [2.24, 2.45) is 0 Å². The van der Waals surface area contributed by atoms with Crippen LogP contribution in [0, 0.1) is 13.8 Å². The topological polar surface area (TPSA) is 84.9 Å². The van der Waals surface area contributed by atoms with Gasteiger partial charge in [0.05, 0.1) is 24.9 Å². The zero-order valence-corrected chi connectivity index (χ0v) is 21.4. The zero-order valence-electron chi connectivity index (χ0n) is 19.1. The number of carbonyl (C=O) groups is 1. The molecule has 0 aliphatic rings. The van der Waals surface area contributed by atoms with Gasteiger partial charge in [0.25, 0.3) is 10.0 Å². The van der Waals surface area contributed by atoms with Crippen molar-refractivity contribution in [3.63, 3.8) is 0 Å². The first-order valence-electron chi connectivity index (χ1n) is 10.1. The molecule has 1 amide bonds. The highest BCUT2D eigenvalue weighted by molar-refractivity contribution is 7.93. The molecule has 0 radical (unpaired) electrons. The van der Waals surface area contributed by atoms with Gasteiger partial charge in [-0.2, -0.15) is 0 Å². The van der Waals surface area contributed by atoms with Crippen molar-refractivity contribution in [1.29, 1.82) is 0 Å². The Morgan fingerprint density at radius 3 is 2.24 bits per heavy atom. The number of hydrogen-bond acceptors (Lipinski definition) is 5. The monoisotopic (exact) mass is 522 g/mol. The fraction of sp³-hybridized carbons (Fsp3) is 0.208. The van der Waals surface area contributed by atoms with Gasteiger partial charge in [-0.15, -0.1) is 0 Å². The highest BCUT2D eigenvalue weighted by Crippen LogP contribution is 2.34. The second kappa shape index (κ2) is 10.5. The van der Waals surface area contributed by atoms with Crippen LogP contribution in [0.25, 0.3) is 0 Å². The van der Waals surface area contributed by atoms with Crippen LogP contribution >= 0.6 is 23.2 Å². The van der Waals surface area contributed by atoms with E-state index in [1.807, 2.05) is 0 Å². The standard InChI is InChI=1S/C24H24Cl2N2O5S/c1-15-5-9-22(33-4)23(11-15)34(30,31)28(18-7-10-21(32-3)19(26)13-18)14-24(29)27-20-8-6-17(25)12-16(20)2/h5-13H,14H2,1-4H3,(H,27,29). The van der Waals surface area contributed by atoms with Gasteiger partial charge in [0, 0.05) is 10.7 Å². The molecule has 7 nitrogen and oxygen atoms in total. The molecular formula is C24H24Cl2N2O5S. The molecule has 0 bridgehead atoms. The van der Waals surface area contributed by atoms with E-state index in [1.54, 1.807) is 44.2 Å². The number of rotatable bonds is 8. The van der Waals surface area contributed by atoms with E-state index < -0.39 is 22.5 Å². The number of nitrogens with zero attached hydrogens (tertiary/aromatic N) is 1. The van der Waals surface area contributed by atoms with E-state index in [4.69, 9.17) is 32.7 Å². The van der Waals surface area contributed by atoms with Crippen molar-refractivity contribution >= 4 is 50.5 Å². The molecule has 0 fully saturated rings. The minimum atomic E-state index is -4.23. The number of benzene rings is 3. The molecule has 0 saturated carbocycles. The first kappa shape index (κ1) is 25.7. The summed E-state index contributed by atoms with van der Waals surface area (Å²) in [5.41, 5.74) is 2.17. The summed E-state index contributed by atoms with van der Waals surface area (Å²) in [6.07, 6.45) is 0. The number of amides is 1. The lowest BCUT2D eigenvalue weighted by Crippen LogP contribution is -2.38. The van der Waals surface area contributed by atoms with E-state index in [0.717, 1.165) is 9.87 Å². The predicted octanol–water partition coefficient (Wildman–Crippen LogP) is 5.46. The summed E-state index contributed by atoms with van der Waals surface area (Å²) in [4.78, 5) is 12.9. The highest BCUT2D eigenvalue weighted by Gasteiger charge is 2.31. The summed E-state index contributed by atoms with van der Waals surface area (Å²) in [7, 11) is -1.40. The smallest absolute Gasteiger partial charge is 0.268 e. The van der Waals surface area contributed by atoms with E-state index in [0.29, 0.717) is 22.0 Å². The van der Waals surface area contributed by atoms with Gasteiger partial charge in [-0.1, -0.05) is 29.3 Å². The lowest BCUT2D eigenvalue weighted by atomic mass is 10.2. The molecule has 0 spiro atoms. The van der Waals surface area contributed by atoms with Gasteiger partial charge in [-0.3, -0.25) is 9.10 Å². The molecule has 0 aliphatic carbocycles. The molecule has 0 aliphatic heterocycles. The molecule has 1 N–H and O–H groups in total. The van der Waals surface area contributed by atoms with E-state index in [9.17, 15) is 13.2 Å². The van der Waals surface area contributed by atoms with Crippen molar-refractivity contribution < 1.29 is 22.7 Å². The fourth-order valence-corrected chi connectivity index (χ4v) is 5.45. The average Bonchev–Trinajstić information content (AvgIpc) is 2.79. The highest BCUT2D eigenvalue weighted by atomic mass is 35.5. The van der Waals surface area contributed by atoms with E-state index in [-0.39, 0.29) is 21.4 Å². The second-order valence-corrected chi connectivity index (χ2v) is 10.2. The van der Waals surface area contributed by atoms with Crippen LogP contribution in [0.5, 0.6) is 11.5 Å². The Bertz CT molecular complexity index is 1330. The first-order chi connectivity index (χ1) is 16.1. The normalized spacial score (nSPS) is 11.1. The van der Waals surface area contributed by atoms with Crippen LogP contribution in [0.15, 0.2) is 59.5 Å². The van der Waals surface area contributed by atoms with Crippen molar-refractivity contribution in [3.8, 4) is 11.5 Å². The maximum absolute atomic E-state index is 13.8. The molecule has 180 valence electrons. The molecule has 0 atom stereocenters. The minimum Gasteiger partial charge on any atom is -0.495 e. The van der Waals surface area contributed by atoms with Crippen LogP contribution in [0.1, 0.15) is 11.1 Å². The van der Waals surface area contributed by atoms with Gasteiger partial charge in [-0.05, 0) is 73.5 Å². The maximum Gasteiger partial charge on any atom is 0.268 e. The summed E-state index contributed by atoms with van der Waals surface area (Å²) in [5.74, 6) is -0.0196. The number of anilines is 2. The van der Waals surface area contributed by atoms with Gasteiger partial charge < -0.3 is 14.8 Å². The average molecular weight is 523 g/mol. The second-order valence-electron chi connectivity index (χ2n) is 7.49. The Hall–Kier alpha value is -2.94. The Morgan fingerprint density at radius 2 is 1.62 bits per heavy atom. The number of sulfonamides is 1. The number of aryl methyl sites for hydroxylation is 2. The lowest BCUT2D eigenvalue weighted by molar-refractivity contribution is -0.114. The van der Waals surface area contributed by atoms with Crippen molar-refractivity contribution in [2.45, 2.75) is 18.7 Å². The number of halogens is 2. The van der Waals surface area contributed by atoms with Crippen LogP contribution in [0.2, 0.25) is 10.0 Å². The number of ether oxygens (including phenoxy) is 2. The van der Waals surface area contributed by atoms with Crippen LogP contribution in [0.3, 0.4) is 0 Å². The van der Waals surface area contributed by atoms with Crippen LogP contribution in [-0.4, -0.2) is 35.1 Å². The molecule has 10 heteroatoms. The zero-order chi connectivity index (χ0) is 25.0. The predicted molar refractivity (Wildman–Crippen MR) is 135 cm³/mol. The molecule has 0 aromatic heterocycles. The molecule has 0 saturated heterocycles. The van der Waals surface area contributed by atoms with Crippen molar-refractivity contribution in [2.75, 3.05) is 30.4 Å². The first-order valence-corrected chi connectivity index (χ1v) is 12.3. The molecule has 0 unspecified atom stereocenters. The molecular weight excluding hydrogens is 499 g/mol. The fourth-order valence-electron chi connectivity index (χ4n) is 3.32. The SMILES string of the molecule is COc1ccc(N(CC(=O)Nc2ccc(Cl)cc2C)S(=O)(=O)c2cc(C)ccc2OC)cc1Cl. The lowest BCUT2D eigenvalue weighted by Gasteiger charge is -2.25. The van der Waals surface area contributed by atoms with Gasteiger partial charge in [0.15, 0.2) is 0 Å². The summed E-state index contributed by atoms with van der Waals surface area (Å²) in [6.45, 7) is 3.05. The van der Waals surface area contributed by atoms with Crippen molar-refractivity contribution in [1.82, 2.24) is 0 Å². The van der Waals surface area contributed by atoms with Gasteiger partial charge in [0.1, 0.15) is 22.9 Å². The minimum absolute atomic E-state index is 0.0718. The summed E-state index contributed by atoms with van der Waals surface area (Å²) in [5, 5.41) is 3.47. The number of nitrogens with one attached hydrogen (secondary N) is 1. The van der Waals surface area contributed by atoms with E-state index >= 15 is 0 Å².